The van der Waals surface area contributed by atoms with Gasteiger partial charge in [-0.3, -0.25) is 0 Å². The molecule has 0 aliphatic heterocycles. The van der Waals surface area contributed by atoms with Crippen LogP contribution in [0.2, 0.25) is 0 Å². The Hall–Kier alpha value is -2.10. The number of pyridine rings is 1. The number of hydrogen-bond acceptors (Lipinski definition) is 3. The Bertz CT molecular complexity index is 529. The Morgan fingerprint density at radius 1 is 1.56 bits per heavy atom. The van der Waals surface area contributed by atoms with Gasteiger partial charge in [0.05, 0.1) is 6.61 Å². The molecule has 4 nitrogen and oxygen atoms in total. The highest BCUT2D eigenvalue weighted by atomic mass is 16.5. The van der Waals surface area contributed by atoms with E-state index in [9.17, 15) is 4.79 Å². The first-order valence-electron chi connectivity index (χ1n) is 5.07. The predicted molar refractivity (Wildman–Crippen MR) is 60.9 cm³/mol. The summed E-state index contributed by atoms with van der Waals surface area (Å²) in [5.41, 5.74) is 1.78. The Kier molecular flexibility index (Phi) is 3.00. The normalized spacial score (nSPS) is 11.1. The third-order valence-corrected chi connectivity index (χ3v) is 2.12. The maximum absolute atomic E-state index is 11.1. The zero-order chi connectivity index (χ0) is 11.4. The average Bonchev–Trinajstić information content (AvgIpc) is 2.74. The molecular weight excluding hydrogens is 204 g/mol. The van der Waals surface area contributed by atoms with Crippen molar-refractivity contribution in [2.24, 2.45) is 0 Å². The second-order valence-corrected chi connectivity index (χ2v) is 3.24. The lowest BCUT2D eigenvalue weighted by Crippen LogP contribution is -1.98. The molecule has 0 atom stereocenters. The van der Waals surface area contributed by atoms with Crippen molar-refractivity contribution in [3.8, 4) is 0 Å². The number of ether oxygens (including phenoxy) is 1. The molecule has 0 aromatic carbocycles. The molecular formula is C12H12N2O2. The molecule has 0 spiro atoms. The summed E-state index contributed by atoms with van der Waals surface area (Å²) in [5.74, 6) is -0.328. The van der Waals surface area contributed by atoms with Gasteiger partial charge in [-0.25, -0.2) is 9.78 Å². The third kappa shape index (κ3) is 2.28. The van der Waals surface area contributed by atoms with Crippen LogP contribution in [0.5, 0.6) is 0 Å². The molecule has 2 aromatic rings. The molecule has 16 heavy (non-hydrogen) atoms. The van der Waals surface area contributed by atoms with Gasteiger partial charge < -0.3 is 9.14 Å². The summed E-state index contributed by atoms with van der Waals surface area (Å²) in [6.07, 6.45) is 8.63. The van der Waals surface area contributed by atoms with E-state index in [0.717, 1.165) is 11.2 Å². The zero-order valence-corrected chi connectivity index (χ0v) is 8.96. The molecule has 0 amide bonds. The fourth-order valence-corrected chi connectivity index (χ4v) is 1.38. The fraction of sp³-hybridized carbons (Fsp3) is 0.167. The van der Waals surface area contributed by atoms with Crippen molar-refractivity contribution in [1.29, 1.82) is 0 Å². The number of nitrogens with zero attached hydrogens (tertiary/aromatic N) is 2. The van der Waals surface area contributed by atoms with Crippen LogP contribution < -0.4 is 0 Å². The van der Waals surface area contributed by atoms with Crippen LogP contribution in [0.3, 0.4) is 0 Å². The summed E-state index contributed by atoms with van der Waals surface area (Å²) in [6.45, 7) is 2.17. The highest BCUT2D eigenvalue weighted by Gasteiger charge is 1.96. The molecule has 0 saturated carbocycles. The third-order valence-electron chi connectivity index (χ3n) is 2.12. The van der Waals surface area contributed by atoms with Crippen LogP contribution >= 0.6 is 0 Å². The van der Waals surface area contributed by atoms with Crippen molar-refractivity contribution >= 4 is 17.7 Å². The summed E-state index contributed by atoms with van der Waals surface area (Å²) < 4.78 is 6.69. The van der Waals surface area contributed by atoms with Crippen molar-refractivity contribution in [3.63, 3.8) is 0 Å². The molecule has 82 valence electrons. The largest absolute Gasteiger partial charge is 0.463 e. The molecule has 0 bridgehead atoms. The lowest BCUT2D eigenvalue weighted by Gasteiger charge is -1.97. The Morgan fingerprint density at radius 3 is 3.25 bits per heavy atom. The first-order valence-corrected chi connectivity index (χ1v) is 5.07. The van der Waals surface area contributed by atoms with Crippen LogP contribution in [0.4, 0.5) is 0 Å². The highest BCUT2D eigenvalue weighted by Crippen LogP contribution is 2.07. The maximum Gasteiger partial charge on any atom is 0.330 e. The van der Waals surface area contributed by atoms with E-state index in [1.54, 1.807) is 19.2 Å². The van der Waals surface area contributed by atoms with Gasteiger partial charge in [0, 0.05) is 24.7 Å². The summed E-state index contributed by atoms with van der Waals surface area (Å²) in [7, 11) is 0. The number of fused-ring (bicyclic) bond motifs is 1. The van der Waals surface area contributed by atoms with Gasteiger partial charge in [-0.1, -0.05) is 0 Å². The minimum Gasteiger partial charge on any atom is -0.463 e. The van der Waals surface area contributed by atoms with Crippen molar-refractivity contribution in [1.82, 2.24) is 9.38 Å². The lowest BCUT2D eigenvalue weighted by molar-refractivity contribution is -0.137. The Morgan fingerprint density at radius 2 is 2.44 bits per heavy atom. The maximum atomic E-state index is 11.1. The van der Waals surface area contributed by atoms with Gasteiger partial charge in [0.2, 0.25) is 0 Å². The molecule has 0 aliphatic carbocycles. The molecule has 0 aliphatic rings. The van der Waals surface area contributed by atoms with Crippen molar-refractivity contribution in [3.05, 3.63) is 42.4 Å². The van der Waals surface area contributed by atoms with E-state index in [2.05, 4.69) is 4.98 Å². The van der Waals surface area contributed by atoms with Crippen LogP contribution in [0.1, 0.15) is 12.5 Å². The van der Waals surface area contributed by atoms with Gasteiger partial charge in [-0.05, 0) is 30.7 Å². The van der Waals surface area contributed by atoms with Gasteiger partial charge in [0.1, 0.15) is 5.65 Å². The Balaban J connectivity index is 2.17. The molecule has 2 heterocycles. The molecule has 0 N–H and O–H groups in total. The number of carbonyl (C=O) groups is 1. The van der Waals surface area contributed by atoms with Crippen molar-refractivity contribution in [2.45, 2.75) is 6.92 Å². The van der Waals surface area contributed by atoms with E-state index in [1.165, 1.54) is 6.08 Å². The molecule has 0 fully saturated rings. The first-order chi connectivity index (χ1) is 7.79. The van der Waals surface area contributed by atoms with Gasteiger partial charge in [0.15, 0.2) is 0 Å². The number of aromatic nitrogens is 2. The average molecular weight is 216 g/mol. The minimum absolute atomic E-state index is 0.328. The highest BCUT2D eigenvalue weighted by molar-refractivity contribution is 5.87. The number of carbonyl (C=O) groups excluding carboxylic acids is 1. The van der Waals surface area contributed by atoms with Gasteiger partial charge in [-0.2, -0.15) is 0 Å². The standard InChI is InChI=1S/C12H12N2O2/c1-2-16-12(15)4-3-10-5-7-14-8-6-13-11(14)9-10/h3-9H,2H2,1H3/b4-3+. The number of esters is 1. The number of imidazole rings is 1. The van der Waals surface area contributed by atoms with Crippen LogP contribution in [-0.2, 0) is 9.53 Å². The number of hydrogen-bond donors (Lipinski definition) is 0. The molecule has 0 saturated heterocycles. The first kappa shape index (κ1) is 10.4. The van der Waals surface area contributed by atoms with Gasteiger partial charge in [-0.15, -0.1) is 0 Å². The predicted octanol–water partition coefficient (Wildman–Crippen LogP) is 1.91. The quantitative estimate of drug-likeness (QED) is 0.581. The smallest absolute Gasteiger partial charge is 0.330 e. The van der Waals surface area contributed by atoms with Crippen LogP contribution in [0.25, 0.3) is 11.7 Å². The summed E-state index contributed by atoms with van der Waals surface area (Å²) >= 11 is 0. The van der Waals surface area contributed by atoms with Crippen LogP contribution in [-0.4, -0.2) is 22.0 Å². The van der Waals surface area contributed by atoms with E-state index >= 15 is 0 Å². The topological polar surface area (TPSA) is 43.6 Å². The summed E-state index contributed by atoms with van der Waals surface area (Å²) in [6, 6.07) is 3.81. The second-order valence-electron chi connectivity index (χ2n) is 3.24. The molecule has 2 aromatic heterocycles. The van der Waals surface area contributed by atoms with Gasteiger partial charge >= 0.3 is 5.97 Å². The summed E-state index contributed by atoms with van der Waals surface area (Å²) in [5, 5.41) is 0. The van der Waals surface area contributed by atoms with Crippen molar-refractivity contribution < 1.29 is 9.53 Å². The number of rotatable bonds is 3. The van der Waals surface area contributed by atoms with E-state index < -0.39 is 0 Å². The Labute approximate surface area is 93.2 Å². The van der Waals surface area contributed by atoms with Crippen LogP contribution in [0.15, 0.2) is 36.8 Å². The summed E-state index contributed by atoms with van der Waals surface area (Å²) in [4.78, 5) is 15.3. The van der Waals surface area contributed by atoms with Crippen LogP contribution in [0, 0.1) is 0 Å². The monoisotopic (exact) mass is 216 g/mol. The van der Waals surface area contributed by atoms with E-state index in [-0.39, 0.29) is 5.97 Å². The van der Waals surface area contributed by atoms with Gasteiger partial charge in [0.25, 0.3) is 0 Å². The molecule has 0 radical (unpaired) electrons. The van der Waals surface area contributed by atoms with Crippen molar-refractivity contribution in [2.75, 3.05) is 6.61 Å². The zero-order valence-electron chi connectivity index (χ0n) is 8.96. The minimum atomic E-state index is -0.328. The van der Waals surface area contributed by atoms with E-state index in [4.69, 9.17) is 4.74 Å². The molecule has 4 heteroatoms. The SMILES string of the molecule is CCOC(=O)/C=C/c1ccn2ccnc2c1. The lowest BCUT2D eigenvalue weighted by atomic mass is 10.2. The van der Waals surface area contributed by atoms with E-state index in [0.29, 0.717) is 6.61 Å². The van der Waals surface area contributed by atoms with E-state index in [1.807, 2.05) is 28.9 Å². The fourth-order valence-electron chi connectivity index (χ4n) is 1.38. The second kappa shape index (κ2) is 4.61. The molecule has 0 unspecified atom stereocenters. The molecule has 2 rings (SSSR count).